The molecule has 0 aromatic heterocycles. The highest BCUT2D eigenvalue weighted by Crippen LogP contribution is 2.39. The van der Waals surface area contributed by atoms with Crippen LogP contribution in [0, 0.1) is 6.92 Å². The number of sulfone groups is 1. The Bertz CT molecular complexity index is 1020. The topological polar surface area (TPSA) is 76.0 Å². The molecule has 2 atom stereocenters. The molecule has 0 radical (unpaired) electrons. The van der Waals surface area contributed by atoms with Gasteiger partial charge in [-0.2, -0.15) is 4.99 Å². The maximum absolute atomic E-state index is 12.4. The smallest absolute Gasteiger partial charge is 0.285 e. The number of amides is 1. The zero-order chi connectivity index (χ0) is 20.4. The first kappa shape index (κ1) is 20.0. The van der Waals surface area contributed by atoms with Gasteiger partial charge in [-0.15, -0.1) is 0 Å². The van der Waals surface area contributed by atoms with Crippen molar-refractivity contribution in [2.24, 2.45) is 4.99 Å². The molecule has 1 amide bonds. The molecular weight excluding hydrogens is 408 g/mol. The number of nitrogens with zero attached hydrogens (tertiary/aromatic N) is 2. The highest BCUT2D eigenvalue weighted by molar-refractivity contribution is 8.15. The number of hydrogen-bond donors (Lipinski definition) is 0. The fraction of sp³-hybridized carbons (Fsp3) is 0.333. The van der Waals surface area contributed by atoms with Crippen molar-refractivity contribution in [3.8, 4) is 5.75 Å². The number of aryl methyl sites for hydroxylation is 1. The first-order valence-electron chi connectivity index (χ1n) is 9.38. The van der Waals surface area contributed by atoms with Crippen LogP contribution in [0.25, 0.3) is 0 Å². The standard InChI is InChI=1S/C21H22N2O4S2/c1-15-7-9-16(10-8-15)11-23-18-13-29(25,26)14-19(18)28-21(23)22-20(24)12-27-17-5-3-2-4-6-17/h2-10,18-19H,11-14H2,1H3/t18-,19+/m1/s1. The van der Waals surface area contributed by atoms with E-state index in [1.165, 1.54) is 11.8 Å². The van der Waals surface area contributed by atoms with Gasteiger partial charge in [0.05, 0.1) is 17.5 Å². The highest BCUT2D eigenvalue weighted by atomic mass is 32.2. The van der Waals surface area contributed by atoms with Gasteiger partial charge in [0.2, 0.25) is 0 Å². The van der Waals surface area contributed by atoms with Crippen LogP contribution in [0.3, 0.4) is 0 Å². The quantitative estimate of drug-likeness (QED) is 0.726. The van der Waals surface area contributed by atoms with Crippen molar-refractivity contribution in [2.75, 3.05) is 18.1 Å². The third-order valence-corrected chi connectivity index (χ3v) is 8.22. The SMILES string of the molecule is Cc1ccc(CN2C(=NC(=O)COc3ccccc3)S[C@H]3CS(=O)(=O)C[C@H]32)cc1. The number of thioether (sulfide) groups is 1. The van der Waals surface area contributed by atoms with E-state index in [0.29, 0.717) is 17.5 Å². The minimum atomic E-state index is -3.06. The molecule has 6 nitrogen and oxygen atoms in total. The van der Waals surface area contributed by atoms with Crippen LogP contribution in [0.2, 0.25) is 0 Å². The Kier molecular flexibility index (Phi) is 5.65. The van der Waals surface area contributed by atoms with E-state index in [1.807, 2.05) is 54.3 Å². The summed E-state index contributed by atoms with van der Waals surface area (Å²) in [6.07, 6.45) is 0. The third-order valence-electron chi connectivity index (χ3n) is 4.97. The van der Waals surface area contributed by atoms with Crippen LogP contribution in [-0.4, -0.2) is 53.8 Å². The van der Waals surface area contributed by atoms with Gasteiger partial charge in [-0.1, -0.05) is 59.8 Å². The van der Waals surface area contributed by atoms with Crippen molar-refractivity contribution < 1.29 is 17.9 Å². The predicted molar refractivity (Wildman–Crippen MR) is 115 cm³/mol. The summed E-state index contributed by atoms with van der Waals surface area (Å²) in [7, 11) is -3.06. The molecule has 2 heterocycles. The summed E-state index contributed by atoms with van der Waals surface area (Å²) in [4.78, 5) is 18.6. The molecule has 2 aromatic carbocycles. The minimum absolute atomic E-state index is 0.0907. The van der Waals surface area contributed by atoms with Crippen LogP contribution in [0.5, 0.6) is 5.75 Å². The van der Waals surface area contributed by atoms with Crippen molar-refractivity contribution >= 4 is 32.7 Å². The molecule has 2 fully saturated rings. The van der Waals surface area contributed by atoms with Gasteiger partial charge in [-0.05, 0) is 24.6 Å². The van der Waals surface area contributed by atoms with E-state index >= 15 is 0 Å². The van der Waals surface area contributed by atoms with Gasteiger partial charge in [0.1, 0.15) is 5.75 Å². The van der Waals surface area contributed by atoms with E-state index in [4.69, 9.17) is 4.74 Å². The average molecular weight is 431 g/mol. The molecule has 0 bridgehead atoms. The number of amidine groups is 1. The lowest BCUT2D eigenvalue weighted by Crippen LogP contribution is -2.37. The molecule has 0 saturated carbocycles. The highest BCUT2D eigenvalue weighted by Gasteiger charge is 2.48. The molecule has 2 saturated heterocycles. The fourth-order valence-corrected chi connectivity index (χ4v) is 7.48. The van der Waals surface area contributed by atoms with E-state index in [-0.39, 0.29) is 35.3 Å². The largest absolute Gasteiger partial charge is 0.484 e. The lowest BCUT2D eigenvalue weighted by molar-refractivity contribution is -0.119. The van der Waals surface area contributed by atoms with Crippen molar-refractivity contribution in [2.45, 2.75) is 24.8 Å². The zero-order valence-electron chi connectivity index (χ0n) is 16.0. The lowest BCUT2D eigenvalue weighted by Gasteiger charge is -2.24. The Morgan fingerprint density at radius 1 is 1.14 bits per heavy atom. The van der Waals surface area contributed by atoms with Gasteiger partial charge < -0.3 is 9.64 Å². The van der Waals surface area contributed by atoms with E-state index in [1.54, 1.807) is 12.1 Å². The maximum atomic E-state index is 12.4. The van der Waals surface area contributed by atoms with Crippen molar-refractivity contribution in [1.29, 1.82) is 0 Å². The molecular formula is C21H22N2O4S2. The fourth-order valence-electron chi connectivity index (χ4n) is 3.51. The van der Waals surface area contributed by atoms with Crippen LogP contribution in [0.15, 0.2) is 59.6 Å². The van der Waals surface area contributed by atoms with Gasteiger partial charge in [0.25, 0.3) is 5.91 Å². The predicted octanol–water partition coefficient (Wildman–Crippen LogP) is 2.67. The van der Waals surface area contributed by atoms with Gasteiger partial charge in [0, 0.05) is 11.8 Å². The number of carbonyl (C=O) groups excluding carboxylic acids is 1. The van der Waals surface area contributed by atoms with E-state index in [2.05, 4.69) is 4.99 Å². The van der Waals surface area contributed by atoms with Crippen LogP contribution < -0.4 is 4.74 Å². The number of ether oxygens (including phenoxy) is 1. The van der Waals surface area contributed by atoms with Crippen LogP contribution in [-0.2, 0) is 21.2 Å². The normalized spacial score (nSPS) is 23.9. The second kappa shape index (κ2) is 8.20. The van der Waals surface area contributed by atoms with Gasteiger partial charge in [-0.3, -0.25) is 4.79 Å². The zero-order valence-corrected chi connectivity index (χ0v) is 17.7. The maximum Gasteiger partial charge on any atom is 0.285 e. The molecule has 2 aliphatic heterocycles. The molecule has 0 spiro atoms. The number of para-hydroxylation sites is 1. The Labute approximate surface area is 174 Å². The summed E-state index contributed by atoms with van der Waals surface area (Å²) in [5.74, 6) is 0.456. The number of benzene rings is 2. The summed E-state index contributed by atoms with van der Waals surface area (Å²) in [5.41, 5.74) is 2.22. The summed E-state index contributed by atoms with van der Waals surface area (Å²) in [5, 5.41) is 0.490. The van der Waals surface area contributed by atoms with Crippen molar-refractivity contribution in [3.63, 3.8) is 0 Å². The number of hydrogen-bond acceptors (Lipinski definition) is 5. The van der Waals surface area contributed by atoms with Crippen LogP contribution in [0.4, 0.5) is 0 Å². The number of rotatable bonds is 5. The first-order chi connectivity index (χ1) is 13.9. The number of fused-ring (bicyclic) bond motifs is 1. The molecule has 4 rings (SSSR count). The molecule has 8 heteroatoms. The van der Waals surface area contributed by atoms with Crippen LogP contribution >= 0.6 is 11.8 Å². The van der Waals surface area contributed by atoms with Crippen molar-refractivity contribution in [3.05, 3.63) is 65.7 Å². The Balaban J connectivity index is 1.51. The lowest BCUT2D eigenvalue weighted by atomic mass is 10.1. The second-order valence-electron chi connectivity index (χ2n) is 7.30. The Morgan fingerprint density at radius 3 is 2.59 bits per heavy atom. The summed E-state index contributed by atoms with van der Waals surface area (Å²) >= 11 is 1.38. The molecule has 0 aliphatic carbocycles. The first-order valence-corrected chi connectivity index (χ1v) is 12.1. The molecule has 0 unspecified atom stereocenters. The van der Waals surface area contributed by atoms with Crippen LogP contribution in [0.1, 0.15) is 11.1 Å². The van der Waals surface area contributed by atoms with E-state index in [0.717, 1.165) is 11.1 Å². The molecule has 2 aromatic rings. The molecule has 0 N–H and O–H groups in total. The van der Waals surface area contributed by atoms with Gasteiger partial charge >= 0.3 is 0 Å². The average Bonchev–Trinajstić information content (AvgIpc) is 3.15. The Morgan fingerprint density at radius 2 is 1.86 bits per heavy atom. The summed E-state index contributed by atoms with van der Waals surface area (Å²) < 4.78 is 29.7. The summed E-state index contributed by atoms with van der Waals surface area (Å²) in [6.45, 7) is 2.39. The minimum Gasteiger partial charge on any atom is -0.484 e. The van der Waals surface area contributed by atoms with E-state index < -0.39 is 9.84 Å². The summed E-state index contributed by atoms with van der Waals surface area (Å²) in [6, 6.07) is 17.0. The Hall–Kier alpha value is -2.32. The molecule has 2 aliphatic rings. The molecule has 29 heavy (non-hydrogen) atoms. The number of aliphatic imine (C=N–C) groups is 1. The molecule has 152 valence electrons. The second-order valence-corrected chi connectivity index (χ2v) is 10.7. The van der Waals surface area contributed by atoms with Gasteiger partial charge in [0.15, 0.2) is 21.6 Å². The van der Waals surface area contributed by atoms with E-state index in [9.17, 15) is 13.2 Å². The monoisotopic (exact) mass is 430 g/mol. The van der Waals surface area contributed by atoms with Crippen molar-refractivity contribution in [1.82, 2.24) is 4.90 Å². The van der Waals surface area contributed by atoms with Gasteiger partial charge in [-0.25, -0.2) is 8.42 Å². The number of carbonyl (C=O) groups is 1. The third kappa shape index (κ3) is 4.82.